The summed E-state index contributed by atoms with van der Waals surface area (Å²) in [6.07, 6.45) is -0.595. The van der Waals surface area contributed by atoms with E-state index >= 15 is 0 Å². The molecule has 7 heteroatoms. The first kappa shape index (κ1) is 23.9. The van der Waals surface area contributed by atoms with Crippen molar-refractivity contribution in [2.24, 2.45) is 0 Å². The van der Waals surface area contributed by atoms with Gasteiger partial charge in [0, 0.05) is 33.9 Å². The summed E-state index contributed by atoms with van der Waals surface area (Å²) in [5, 5.41) is 15.1. The van der Waals surface area contributed by atoms with Gasteiger partial charge in [-0.25, -0.2) is 4.68 Å². The highest BCUT2D eigenvalue weighted by molar-refractivity contribution is 5.43. The number of nitrogens with zero attached hydrogens (tertiary/aromatic N) is 3. The quantitative estimate of drug-likeness (QED) is 0.464. The highest BCUT2D eigenvalue weighted by atomic mass is 16.5. The van der Waals surface area contributed by atoms with Gasteiger partial charge in [0.2, 0.25) is 5.88 Å². The van der Waals surface area contributed by atoms with Gasteiger partial charge in [0.15, 0.2) is 0 Å². The van der Waals surface area contributed by atoms with Crippen molar-refractivity contribution >= 4 is 0 Å². The summed E-state index contributed by atoms with van der Waals surface area (Å²) < 4.78 is 18.6. The molecule has 3 rings (SSSR count). The molecule has 0 aliphatic heterocycles. The van der Waals surface area contributed by atoms with E-state index in [1.54, 1.807) is 14.2 Å². The number of ether oxygens (including phenoxy) is 3. The molecule has 1 atom stereocenters. The molecule has 0 aliphatic rings. The Bertz CT molecular complexity index is 957. The zero-order valence-corrected chi connectivity index (χ0v) is 19.3. The summed E-state index contributed by atoms with van der Waals surface area (Å²) in [7, 11) is 3.26. The molecule has 7 nitrogen and oxygen atoms in total. The first-order valence-corrected chi connectivity index (χ1v) is 10.8. The average Bonchev–Trinajstić information content (AvgIpc) is 3.09. The van der Waals surface area contributed by atoms with Crippen molar-refractivity contribution in [2.45, 2.75) is 26.5 Å². The summed E-state index contributed by atoms with van der Waals surface area (Å²) in [6.45, 7) is 6.54. The van der Waals surface area contributed by atoms with Gasteiger partial charge in [0.05, 0.1) is 36.3 Å². The maximum Gasteiger partial charge on any atom is 0.227 e. The van der Waals surface area contributed by atoms with Gasteiger partial charge in [-0.05, 0) is 38.1 Å². The zero-order valence-electron chi connectivity index (χ0n) is 19.3. The number of aryl methyl sites for hydroxylation is 2. The van der Waals surface area contributed by atoms with Crippen LogP contribution in [0, 0.1) is 13.8 Å². The lowest BCUT2D eigenvalue weighted by molar-refractivity contribution is 0.0291. The Labute approximate surface area is 190 Å². The molecular formula is C25H33N3O4. The van der Waals surface area contributed by atoms with Crippen molar-refractivity contribution in [1.29, 1.82) is 0 Å². The lowest BCUT2D eigenvalue weighted by atomic mass is 10.2. The predicted molar refractivity (Wildman–Crippen MR) is 125 cm³/mol. The smallest absolute Gasteiger partial charge is 0.227 e. The maximum atomic E-state index is 10.3. The third kappa shape index (κ3) is 6.40. The molecule has 1 heterocycles. The minimum absolute atomic E-state index is 0.276. The van der Waals surface area contributed by atoms with Gasteiger partial charge < -0.3 is 19.3 Å². The monoisotopic (exact) mass is 439 g/mol. The van der Waals surface area contributed by atoms with E-state index in [0.29, 0.717) is 32.1 Å². The summed E-state index contributed by atoms with van der Waals surface area (Å²) in [4.78, 5) is 2.13. The third-order valence-electron chi connectivity index (χ3n) is 5.19. The highest BCUT2D eigenvalue weighted by Gasteiger charge is 2.22. The largest absolute Gasteiger partial charge is 0.439 e. The van der Waals surface area contributed by atoms with Gasteiger partial charge in [0.1, 0.15) is 5.75 Å². The van der Waals surface area contributed by atoms with Crippen LogP contribution in [0.5, 0.6) is 11.6 Å². The lowest BCUT2D eigenvalue weighted by Crippen LogP contribution is -2.36. The fourth-order valence-corrected chi connectivity index (χ4v) is 3.51. The SMILES string of the molecule is COCCN(Cc1c(C)nn(-c2ccccc2)c1Oc1ccc(C)cc1)C[C@H](O)COC. The van der Waals surface area contributed by atoms with Gasteiger partial charge in [-0.3, -0.25) is 4.90 Å². The van der Waals surface area contributed by atoms with Crippen molar-refractivity contribution in [3.8, 4) is 17.3 Å². The van der Waals surface area contributed by atoms with Crippen LogP contribution in [0.25, 0.3) is 5.69 Å². The third-order valence-corrected chi connectivity index (χ3v) is 5.19. The summed E-state index contributed by atoms with van der Waals surface area (Å²) in [6, 6.07) is 17.9. The van der Waals surface area contributed by atoms with Crippen LogP contribution in [0.2, 0.25) is 0 Å². The number of aliphatic hydroxyl groups excluding tert-OH is 1. The number of hydrogen-bond acceptors (Lipinski definition) is 6. The molecule has 0 spiro atoms. The standard InChI is InChI=1S/C25H33N3O4/c1-19-10-12-23(13-11-19)32-25-24(17-27(14-15-30-3)16-22(29)18-31-4)20(2)26-28(25)21-8-6-5-7-9-21/h5-13,22,29H,14-18H2,1-4H3/t22-/m0/s1. The lowest BCUT2D eigenvalue weighted by Gasteiger charge is -2.25. The first-order chi connectivity index (χ1) is 15.5. The average molecular weight is 440 g/mol. The van der Waals surface area contributed by atoms with Gasteiger partial charge in [-0.1, -0.05) is 35.9 Å². The molecule has 0 bridgehead atoms. The fraction of sp³-hybridized carbons (Fsp3) is 0.400. The molecular weight excluding hydrogens is 406 g/mol. The molecule has 1 N–H and O–H groups in total. The highest BCUT2D eigenvalue weighted by Crippen LogP contribution is 2.31. The van der Waals surface area contributed by atoms with Crippen LogP contribution in [-0.4, -0.2) is 66.4 Å². The van der Waals surface area contributed by atoms with Gasteiger partial charge in [0.25, 0.3) is 0 Å². The Hall–Kier alpha value is -2.71. The minimum Gasteiger partial charge on any atom is -0.439 e. The number of aliphatic hydroxyl groups is 1. The van der Waals surface area contributed by atoms with Crippen LogP contribution >= 0.6 is 0 Å². The molecule has 0 saturated carbocycles. The Morgan fingerprint density at radius 3 is 2.38 bits per heavy atom. The number of hydrogen-bond donors (Lipinski definition) is 1. The van der Waals surface area contributed by atoms with E-state index in [1.807, 2.05) is 73.1 Å². The molecule has 0 fully saturated rings. The molecule has 0 radical (unpaired) electrons. The zero-order chi connectivity index (χ0) is 22.9. The first-order valence-electron chi connectivity index (χ1n) is 10.8. The molecule has 0 amide bonds. The molecule has 1 aromatic heterocycles. The molecule has 172 valence electrons. The van der Waals surface area contributed by atoms with E-state index in [9.17, 15) is 5.11 Å². The van der Waals surface area contributed by atoms with Gasteiger partial charge >= 0.3 is 0 Å². The summed E-state index contributed by atoms with van der Waals surface area (Å²) >= 11 is 0. The number of methoxy groups -OCH3 is 2. The Balaban J connectivity index is 1.97. The molecule has 32 heavy (non-hydrogen) atoms. The summed E-state index contributed by atoms with van der Waals surface area (Å²) in [5.74, 6) is 1.41. The normalized spacial score (nSPS) is 12.3. The van der Waals surface area contributed by atoms with E-state index in [4.69, 9.17) is 19.3 Å². The van der Waals surface area contributed by atoms with Crippen LogP contribution in [0.15, 0.2) is 54.6 Å². The van der Waals surface area contributed by atoms with Crippen molar-refractivity contribution in [3.05, 3.63) is 71.4 Å². The number of aromatic nitrogens is 2. The second kappa shape index (κ2) is 11.8. The number of benzene rings is 2. The van der Waals surface area contributed by atoms with Crippen LogP contribution in [0.3, 0.4) is 0 Å². The van der Waals surface area contributed by atoms with Gasteiger partial charge in [-0.15, -0.1) is 0 Å². The molecule has 2 aromatic carbocycles. The van der Waals surface area contributed by atoms with Crippen LogP contribution in [0.1, 0.15) is 16.8 Å². The molecule has 0 unspecified atom stereocenters. The Morgan fingerprint density at radius 2 is 1.72 bits per heavy atom. The van der Waals surface area contributed by atoms with Crippen molar-refractivity contribution in [2.75, 3.05) is 40.5 Å². The van der Waals surface area contributed by atoms with E-state index in [1.165, 1.54) is 5.56 Å². The van der Waals surface area contributed by atoms with Crippen molar-refractivity contribution in [1.82, 2.24) is 14.7 Å². The van der Waals surface area contributed by atoms with Crippen LogP contribution in [0.4, 0.5) is 0 Å². The van der Waals surface area contributed by atoms with Crippen LogP contribution in [-0.2, 0) is 16.0 Å². The molecule has 0 aliphatic carbocycles. The van der Waals surface area contributed by atoms with E-state index in [2.05, 4.69) is 4.90 Å². The minimum atomic E-state index is -0.595. The van der Waals surface area contributed by atoms with E-state index < -0.39 is 6.10 Å². The number of rotatable bonds is 12. The van der Waals surface area contributed by atoms with E-state index in [-0.39, 0.29) is 6.61 Å². The molecule has 3 aromatic rings. The Morgan fingerprint density at radius 1 is 1.00 bits per heavy atom. The number of para-hydroxylation sites is 1. The second-order valence-electron chi connectivity index (χ2n) is 7.87. The second-order valence-corrected chi connectivity index (χ2v) is 7.87. The fourth-order valence-electron chi connectivity index (χ4n) is 3.51. The van der Waals surface area contributed by atoms with E-state index in [0.717, 1.165) is 22.7 Å². The molecule has 0 saturated heterocycles. The predicted octanol–water partition coefficient (Wildman–Crippen LogP) is 3.74. The maximum absolute atomic E-state index is 10.3. The van der Waals surface area contributed by atoms with Gasteiger partial charge in [-0.2, -0.15) is 5.10 Å². The van der Waals surface area contributed by atoms with Crippen molar-refractivity contribution < 1.29 is 19.3 Å². The Kier molecular flexibility index (Phi) is 8.81. The summed E-state index contributed by atoms with van der Waals surface area (Å²) in [5.41, 5.74) is 3.93. The topological polar surface area (TPSA) is 69.0 Å². The van der Waals surface area contributed by atoms with Crippen LogP contribution < -0.4 is 4.74 Å². The van der Waals surface area contributed by atoms with Crippen molar-refractivity contribution in [3.63, 3.8) is 0 Å².